The van der Waals surface area contributed by atoms with Crippen LogP contribution in [0.3, 0.4) is 0 Å². The topological polar surface area (TPSA) is 104 Å². The van der Waals surface area contributed by atoms with Crippen LogP contribution in [0.1, 0.15) is 18.6 Å². The molecule has 0 saturated carbocycles. The second kappa shape index (κ2) is 7.02. The van der Waals surface area contributed by atoms with Crippen LogP contribution in [0.25, 0.3) is 0 Å². The molecule has 31 heavy (non-hydrogen) atoms. The van der Waals surface area contributed by atoms with Gasteiger partial charge in [-0.25, -0.2) is 9.69 Å². The van der Waals surface area contributed by atoms with E-state index in [4.69, 9.17) is 21.4 Å². The molecule has 0 bridgehead atoms. The van der Waals surface area contributed by atoms with Crippen LogP contribution in [0, 0.1) is 5.41 Å². The van der Waals surface area contributed by atoms with Gasteiger partial charge in [-0.1, -0.05) is 30.4 Å². The molecular weight excluding hydrogens is 420 g/mol. The zero-order chi connectivity index (χ0) is 21.8. The summed E-state index contributed by atoms with van der Waals surface area (Å²) in [5, 5.41) is 8.81. The van der Waals surface area contributed by atoms with Gasteiger partial charge in [0.15, 0.2) is 5.41 Å². The molecule has 2 aromatic rings. The van der Waals surface area contributed by atoms with Gasteiger partial charge in [-0.05, 0) is 31.2 Å². The fourth-order valence-electron chi connectivity index (χ4n) is 4.50. The van der Waals surface area contributed by atoms with Crippen molar-refractivity contribution in [3.05, 3.63) is 54.5 Å². The number of rotatable bonds is 3. The number of para-hydroxylation sites is 1. The lowest BCUT2D eigenvalue weighted by atomic mass is 9.70. The van der Waals surface area contributed by atoms with Gasteiger partial charge in [0.05, 0.1) is 35.1 Å². The number of thiocarbonyl (C=S) groups is 1. The summed E-state index contributed by atoms with van der Waals surface area (Å²) < 4.78 is 10.6. The van der Waals surface area contributed by atoms with Gasteiger partial charge < -0.3 is 14.5 Å². The Balaban J connectivity index is 1.61. The third-order valence-corrected chi connectivity index (χ3v) is 6.38. The average molecular weight is 438 g/mol. The summed E-state index contributed by atoms with van der Waals surface area (Å²) in [7, 11) is 0. The Hall–Kier alpha value is -3.53. The number of furan rings is 1. The molecule has 2 saturated heterocycles. The van der Waals surface area contributed by atoms with E-state index in [2.05, 4.69) is 10.4 Å². The number of hydrogen-bond acceptors (Lipinski definition) is 7. The monoisotopic (exact) mass is 438 g/mol. The SMILES string of the molecule is CC1=NN(c2ccccc2)C(=O)[C@]12C(=S)N[C@H](C(=O)N1CCOC1=O)[C@@H]2c1ccco1. The first-order valence-corrected chi connectivity index (χ1v) is 10.1. The molecule has 3 amide bonds. The Morgan fingerprint density at radius 1 is 1.23 bits per heavy atom. The maximum atomic E-state index is 13.8. The molecule has 3 aliphatic rings. The quantitative estimate of drug-likeness (QED) is 0.732. The second-order valence-electron chi connectivity index (χ2n) is 7.49. The lowest BCUT2D eigenvalue weighted by molar-refractivity contribution is -0.130. The number of nitrogens with zero attached hydrogens (tertiary/aromatic N) is 3. The van der Waals surface area contributed by atoms with Crippen LogP contribution < -0.4 is 10.3 Å². The molecule has 1 aromatic heterocycles. The highest BCUT2D eigenvalue weighted by Crippen LogP contribution is 2.50. The molecule has 9 nitrogen and oxygen atoms in total. The first kappa shape index (κ1) is 19.4. The third-order valence-electron chi connectivity index (χ3n) is 5.94. The molecule has 3 atom stereocenters. The van der Waals surface area contributed by atoms with Crippen LogP contribution in [0.5, 0.6) is 0 Å². The smallest absolute Gasteiger partial charge is 0.416 e. The maximum Gasteiger partial charge on any atom is 0.416 e. The van der Waals surface area contributed by atoms with E-state index in [1.165, 1.54) is 11.3 Å². The molecule has 2 fully saturated rings. The van der Waals surface area contributed by atoms with Crippen molar-refractivity contribution in [2.24, 2.45) is 10.5 Å². The fraction of sp³-hybridized carbons (Fsp3) is 0.286. The van der Waals surface area contributed by atoms with Gasteiger partial charge in [-0.3, -0.25) is 9.59 Å². The van der Waals surface area contributed by atoms with E-state index < -0.39 is 29.4 Å². The Bertz CT molecular complexity index is 1120. The van der Waals surface area contributed by atoms with Gasteiger partial charge in [0.2, 0.25) is 0 Å². The normalized spacial score (nSPS) is 27.6. The van der Waals surface area contributed by atoms with Crippen molar-refractivity contribution in [1.29, 1.82) is 0 Å². The van der Waals surface area contributed by atoms with Crippen molar-refractivity contribution < 1.29 is 23.5 Å². The third kappa shape index (κ3) is 2.64. The van der Waals surface area contributed by atoms with Gasteiger partial charge in [-0.2, -0.15) is 10.1 Å². The summed E-state index contributed by atoms with van der Waals surface area (Å²) in [6.45, 7) is 1.97. The summed E-state index contributed by atoms with van der Waals surface area (Å²) in [6.07, 6.45) is 0.752. The highest BCUT2D eigenvalue weighted by Gasteiger charge is 2.67. The minimum absolute atomic E-state index is 0.125. The highest BCUT2D eigenvalue weighted by molar-refractivity contribution is 7.80. The predicted molar refractivity (Wildman–Crippen MR) is 114 cm³/mol. The van der Waals surface area contributed by atoms with E-state index >= 15 is 0 Å². The van der Waals surface area contributed by atoms with Crippen LogP contribution in [-0.4, -0.2) is 52.7 Å². The van der Waals surface area contributed by atoms with Crippen LogP contribution in [0.4, 0.5) is 10.5 Å². The summed E-state index contributed by atoms with van der Waals surface area (Å²) in [4.78, 5) is 40.4. The van der Waals surface area contributed by atoms with Gasteiger partial charge in [0, 0.05) is 0 Å². The zero-order valence-electron chi connectivity index (χ0n) is 16.5. The van der Waals surface area contributed by atoms with Crippen LogP contribution in [-0.2, 0) is 14.3 Å². The van der Waals surface area contributed by atoms with E-state index in [1.807, 2.05) is 6.07 Å². The molecule has 1 N–H and O–H groups in total. The molecule has 0 radical (unpaired) electrons. The fourth-order valence-corrected chi connectivity index (χ4v) is 4.99. The average Bonchev–Trinajstić information content (AvgIpc) is 3.54. The largest absolute Gasteiger partial charge is 0.469 e. The van der Waals surface area contributed by atoms with Gasteiger partial charge in [-0.15, -0.1) is 0 Å². The Labute approximate surface area is 182 Å². The summed E-state index contributed by atoms with van der Waals surface area (Å²) >= 11 is 5.63. The molecule has 1 aromatic carbocycles. The van der Waals surface area contributed by atoms with Gasteiger partial charge in [0.25, 0.3) is 11.8 Å². The van der Waals surface area contributed by atoms with E-state index in [0.717, 1.165) is 4.90 Å². The number of anilines is 1. The maximum absolute atomic E-state index is 13.8. The Morgan fingerprint density at radius 3 is 2.65 bits per heavy atom. The van der Waals surface area contributed by atoms with Crippen molar-refractivity contribution in [3.8, 4) is 0 Å². The highest BCUT2D eigenvalue weighted by atomic mass is 32.1. The molecule has 1 spiro atoms. The Morgan fingerprint density at radius 2 is 2.00 bits per heavy atom. The minimum Gasteiger partial charge on any atom is -0.469 e. The number of carbonyl (C=O) groups is 3. The first-order valence-electron chi connectivity index (χ1n) is 9.74. The second-order valence-corrected chi connectivity index (χ2v) is 7.90. The number of carbonyl (C=O) groups excluding carboxylic acids is 3. The van der Waals surface area contributed by atoms with E-state index in [-0.39, 0.29) is 24.0 Å². The van der Waals surface area contributed by atoms with Crippen molar-refractivity contribution >= 4 is 46.5 Å². The molecule has 0 aliphatic carbocycles. The van der Waals surface area contributed by atoms with Crippen molar-refractivity contribution in [3.63, 3.8) is 0 Å². The number of hydrazone groups is 1. The number of cyclic esters (lactones) is 1. The lowest BCUT2D eigenvalue weighted by Gasteiger charge is -2.29. The zero-order valence-corrected chi connectivity index (χ0v) is 17.3. The summed E-state index contributed by atoms with van der Waals surface area (Å²) in [5.74, 6) is -1.33. The number of hydrogen-bond donors (Lipinski definition) is 1. The number of amides is 3. The minimum atomic E-state index is -1.41. The summed E-state index contributed by atoms with van der Waals surface area (Å²) in [6, 6.07) is 11.4. The number of benzene rings is 1. The molecule has 4 heterocycles. The number of nitrogens with one attached hydrogen (secondary N) is 1. The number of ether oxygens (including phenoxy) is 1. The van der Waals surface area contributed by atoms with Crippen LogP contribution in [0.2, 0.25) is 0 Å². The lowest BCUT2D eigenvalue weighted by Crippen LogP contribution is -2.49. The molecule has 0 unspecified atom stereocenters. The van der Waals surface area contributed by atoms with E-state index in [9.17, 15) is 14.4 Å². The Kier molecular flexibility index (Phi) is 4.40. The van der Waals surface area contributed by atoms with E-state index in [0.29, 0.717) is 17.2 Å². The molecule has 5 rings (SSSR count). The standard InChI is InChI=1S/C21H18N4O5S/c1-12-21(19(27)25(23-12)13-6-3-2-4-7-13)15(14-8-5-10-29-14)16(22-18(21)31)17(26)24-9-11-30-20(24)28/h2-8,10,15-16H,9,11H2,1H3,(H,22,31)/t15-,16-,21+/m0/s1. The molecule has 3 aliphatic heterocycles. The molecule has 158 valence electrons. The van der Waals surface area contributed by atoms with Gasteiger partial charge in [0.1, 0.15) is 18.4 Å². The predicted octanol–water partition coefficient (Wildman–Crippen LogP) is 2.05. The summed E-state index contributed by atoms with van der Waals surface area (Å²) in [5.41, 5.74) is -0.380. The van der Waals surface area contributed by atoms with Crippen LogP contribution in [0.15, 0.2) is 58.2 Å². The van der Waals surface area contributed by atoms with Gasteiger partial charge >= 0.3 is 6.09 Å². The van der Waals surface area contributed by atoms with E-state index in [1.54, 1.807) is 43.3 Å². The first-order chi connectivity index (χ1) is 15.0. The molecule has 10 heteroatoms. The number of imide groups is 1. The van der Waals surface area contributed by atoms with Crippen molar-refractivity contribution in [2.45, 2.75) is 18.9 Å². The van der Waals surface area contributed by atoms with Crippen molar-refractivity contribution in [1.82, 2.24) is 10.2 Å². The van der Waals surface area contributed by atoms with Crippen LogP contribution >= 0.6 is 12.2 Å². The van der Waals surface area contributed by atoms with Crippen molar-refractivity contribution in [2.75, 3.05) is 18.2 Å². The molecular formula is C21H18N4O5S.